The molecule has 3 heterocycles. The Balaban J connectivity index is 0.00000289. The van der Waals surface area contributed by atoms with Crippen LogP contribution in [-0.2, 0) is 17.5 Å². The number of rotatable bonds is 8. The van der Waals surface area contributed by atoms with E-state index in [-0.39, 0.29) is 29.8 Å². The number of aryl methyl sites for hydroxylation is 1. The van der Waals surface area contributed by atoms with Gasteiger partial charge in [0.05, 0.1) is 23.1 Å². The number of anilines is 1. The molecule has 0 bridgehead atoms. The highest BCUT2D eigenvalue weighted by Crippen LogP contribution is 2.22. The summed E-state index contributed by atoms with van der Waals surface area (Å²) in [6.45, 7) is 2.96. The molecule has 32 heavy (non-hydrogen) atoms. The maximum absolute atomic E-state index is 12.6. The van der Waals surface area contributed by atoms with Gasteiger partial charge >= 0.3 is 0 Å². The largest absolute Gasteiger partial charge is 0.382 e. The molecule has 3 aromatic rings. The van der Waals surface area contributed by atoms with Crippen LogP contribution >= 0.6 is 12.4 Å². The molecular weight excluding hydrogens is 450 g/mol. The lowest BCUT2D eigenvalue weighted by Crippen LogP contribution is -2.27. The molecule has 1 aromatic carbocycles. The fourth-order valence-corrected chi connectivity index (χ4v) is 4.67. The van der Waals surface area contributed by atoms with Crippen LogP contribution in [0.3, 0.4) is 0 Å². The Labute approximate surface area is 195 Å². The standard InChI is InChI=1S/C21H25N7O2S.ClH/c22-20-19(21(29)24-8-3-10-27-13-9-23-15-27)26-18(14-25-20)16-4-6-17(7-5-16)31(30)28-11-1-2-12-28;/h4-7,9,13-15H,1-3,8,10-12H2,(H2,22,25)(H,24,29);1H. The first-order chi connectivity index (χ1) is 15.1. The van der Waals surface area contributed by atoms with Crippen LogP contribution in [0.15, 0.2) is 54.1 Å². The van der Waals surface area contributed by atoms with Crippen molar-refractivity contribution in [3.8, 4) is 11.3 Å². The van der Waals surface area contributed by atoms with Crippen molar-refractivity contribution in [1.29, 1.82) is 0 Å². The molecule has 1 aliphatic rings. The Hall–Kier alpha value is -2.82. The van der Waals surface area contributed by atoms with Gasteiger partial charge in [0.1, 0.15) is 11.0 Å². The van der Waals surface area contributed by atoms with Gasteiger partial charge in [0.25, 0.3) is 5.91 Å². The predicted molar refractivity (Wildman–Crippen MR) is 126 cm³/mol. The Morgan fingerprint density at radius 2 is 1.94 bits per heavy atom. The molecule has 1 amide bonds. The van der Waals surface area contributed by atoms with Crippen LogP contribution in [-0.4, -0.2) is 53.6 Å². The van der Waals surface area contributed by atoms with Crippen molar-refractivity contribution in [2.24, 2.45) is 0 Å². The predicted octanol–water partition coefficient (Wildman–Crippen LogP) is 2.28. The second-order valence-electron chi connectivity index (χ2n) is 7.31. The zero-order chi connectivity index (χ0) is 21.6. The van der Waals surface area contributed by atoms with Gasteiger partial charge in [-0.2, -0.15) is 0 Å². The molecule has 0 aliphatic carbocycles. The number of nitrogens with zero attached hydrogens (tertiary/aromatic N) is 5. The first-order valence-corrected chi connectivity index (χ1v) is 11.4. The molecule has 1 unspecified atom stereocenters. The van der Waals surface area contributed by atoms with Gasteiger partial charge in [0.15, 0.2) is 11.5 Å². The monoisotopic (exact) mass is 475 g/mol. The average Bonchev–Trinajstić information content (AvgIpc) is 3.51. The Bertz CT molecular complexity index is 1050. The maximum Gasteiger partial charge on any atom is 0.273 e. The summed E-state index contributed by atoms with van der Waals surface area (Å²) in [5, 5.41) is 2.84. The average molecular weight is 476 g/mol. The van der Waals surface area contributed by atoms with E-state index in [2.05, 4.69) is 20.3 Å². The van der Waals surface area contributed by atoms with Crippen molar-refractivity contribution in [3.05, 3.63) is 54.9 Å². The number of benzene rings is 1. The molecule has 2 aromatic heterocycles. The minimum absolute atomic E-state index is 0. The van der Waals surface area contributed by atoms with Crippen LogP contribution in [0.4, 0.5) is 5.82 Å². The van der Waals surface area contributed by atoms with Crippen molar-refractivity contribution in [2.75, 3.05) is 25.4 Å². The number of halogens is 1. The van der Waals surface area contributed by atoms with Crippen LogP contribution in [0.2, 0.25) is 0 Å². The van der Waals surface area contributed by atoms with Crippen LogP contribution in [0.25, 0.3) is 11.3 Å². The van der Waals surface area contributed by atoms with Crippen LogP contribution in [0.5, 0.6) is 0 Å². The van der Waals surface area contributed by atoms with Crippen molar-refractivity contribution in [1.82, 2.24) is 29.1 Å². The zero-order valence-corrected chi connectivity index (χ0v) is 19.1. The number of aromatic nitrogens is 4. The number of carbonyl (C=O) groups is 1. The van der Waals surface area contributed by atoms with Gasteiger partial charge in [-0.05, 0) is 31.4 Å². The fraction of sp³-hybridized carbons (Fsp3) is 0.333. The number of nitrogens with one attached hydrogen (secondary N) is 1. The van der Waals surface area contributed by atoms with Crippen LogP contribution in [0, 0.1) is 0 Å². The molecule has 9 nitrogen and oxygen atoms in total. The summed E-state index contributed by atoms with van der Waals surface area (Å²) in [5.41, 5.74) is 7.31. The summed E-state index contributed by atoms with van der Waals surface area (Å²) in [5.74, 6) is -0.271. The highest BCUT2D eigenvalue weighted by molar-refractivity contribution is 7.82. The number of carbonyl (C=O) groups excluding carboxylic acids is 1. The lowest BCUT2D eigenvalue weighted by Gasteiger charge is -2.14. The molecule has 1 atom stereocenters. The molecule has 1 saturated heterocycles. The van der Waals surface area contributed by atoms with E-state index in [9.17, 15) is 9.00 Å². The van der Waals surface area contributed by atoms with Gasteiger partial charge in [-0.15, -0.1) is 12.4 Å². The highest BCUT2D eigenvalue weighted by Gasteiger charge is 2.19. The molecule has 1 aliphatic heterocycles. The summed E-state index contributed by atoms with van der Waals surface area (Å²) in [6, 6.07) is 7.35. The molecule has 1 fully saturated rings. The lowest BCUT2D eigenvalue weighted by molar-refractivity contribution is 0.0948. The summed E-state index contributed by atoms with van der Waals surface area (Å²) in [4.78, 5) is 25.8. The molecule has 4 rings (SSSR count). The number of hydrogen-bond acceptors (Lipinski definition) is 6. The quantitative estimate of drug-likeness (QED) is 0.482. The van der Waals surface area contributed by atoms with Crippen molar-refractivity contribution >= 4 is 35.1 Å². The van der Waals surface area contributed by atoms with Gasteiger partial charge in [-0.25, -0.2) is 23.5 Å². The van der Waals surface area contributed by atoms with Crippen molar-refractivity contribution < 1.29 is 9.00 Å². The van der Waals surface area contributed by atoms with Gasteiger partial charge in [0, 0.05) is 44.1 Å². The van der Waals surface area contributed by atoms with E-state index in [1.54, 1.807) is 12.5 Å². The second kappa shape index (κ2) is 11.2. The third-order valence-corrected chi connectivity index (χ3v) is 6.61. The van der Waals surface area contributed by atoms with E-state index in [1.165, 1.54) is 6.20 Å². The molecule has 170 valence electrons. The number of nitrogens with two attached hydrogens (primary N) is 1. The highest BCUT2D eigenvalue weighted by atomic mass is 35.5. The molecule has 0 radical (unpaired) electrons. The van der Waals surface area contributed by atoms with Crippen LogP contribution < -0.4 is 11.1 Å². The van der Waals surface area contributed by atoms with Gasteiger partial charge in [-0.3, -0.25) is 4.79 Å². The number of imidazole rings is 1. The van der Waals surface area contributed by atoms with Gasteiger partial charge < -0.3 is 15.6 Å². The Kier molecular flexibility index (Phi) is 8.32. The fourth-order valence-electron chi connectivity index (χ4n) is 3.42. The molecule has 3 N–H and O–H groups in total. The zero-order valence-electron chi connectivity index (χ0n) is 17.5. The van der Waals surface area contributed by atoms with Gasteiger partial charge in [-0.1, -0.05) is 12.1 Å². The minimum Gasteiger partial charge on any atom is -0.382 e. The SMILES string of the molecule is Cl.Nc1ncc(-c2ccc(S(=O)N3CCCC3)cc2)nc1C(=O)NCCCn1ccnc1. The Morgan fingerprint density at radius 1 is 1.19 bits per heavy atom. The van der Waals surface area contributed by atoms with E-state index in [0.29, 0.717) is 12.2 Å². The summed E-state index contributed by atoms with van der Waals surface area (Å²) >= 11 is 0. The van der Waals surface area contributed by atoms with Gasteiger partial charge in [0.2, 0.25) is 0 Å². The summed E-state index contributed by atoms with van der Waals surface area (Å²) in [7, 11) is -1.15. The summed E-state index contributed by atoms with van der Waals surface area (Å²) in [6.07, 6.45) is 9.79. The smallest absolute Gasteiger partial charge is 0.273 e. The van der Waals surface area contributed by atoms with Crippen molar-refractivity contribution in [2.45, 2.75) is 30.7 Å². The van der Waals surface area contributed by atoms with Crippen molar-refractivity contribution in [3.63, 3.8) is 0 Å². The van der Waals surface area contributed by atoms with E-state index in [0.717, 1.165) is 49.4 Å². The van der Waals surface area contributed by atoms with E-state index in [1.807, 2.05) is 39.3 Å². The third-order valence-electron chi connectivity index (χ3n) is 5.10. The number of amides is 1. The van der Waals surface area contributed by atoms with E-state index < -0.39 is 11.0 Å². The minimum atomic E-state index is -1.15. The second-order valence-corrected chi connectivity index (χ2v) is 8.79. The van der Waals surface area contributed by atoms with E-state index >= 15 is 0 Å². The number of hydrogen-bond donors (Lipinski definition) is 2. The summed E-state index contributed by atoms with van der Waals surface area (Å²) < 4.78 is 16.5. The first-order valence-electron chi connectivity index (χ1n) is 10.3. The molecule has 0 saturated carbocycles. The van der Waals surface area contributed by atoms with E-state index in [4.69, 9.17) is 5.73 Å². The maximum atomic E-state index is 12.6. The third kappa shape index (κ3) is 5.70. The number of nitrogen functional groups attached to an aromatic ring is 1. The first kappa shape index (κ1) is 23.8. The molecule has 11 heteroatoms. The molecular formula is C21H26ClN7O2S. The Morgan fingerprint density at radius 3 is 2.62 bits per heavy atom. The lowest BCUT2D eigenvalue weighted by atomic mass is 10.1. The topological polar surface area (TPSA) is 119 Å². The normalized spacial score (nSPS) is 14.6. The van der Waals surface area contributed by atoms with Crippen LogP contribution in [0.1, 0.15) is 29.8 Å². The molecule has 0 spiro atoms.